The van der Waals surface area contributed by atoms with Crippen LogP contribution in [0.2, 0.25) is 0 Å². The number of anilines is 4. The molecule has 2 amide bonds. The van der Waals surface area contributed by atoms with Crippen molar-refractivity contribution in [2.45, 2.75) is 25.7 Å². The van der Waals surface area contributed by atoms with Crippen molar-refractivity contribution in [3.8, 4) is 11.4 Å². The third kappa shape index (κ3) is 12.0. The van der Waals surface area contributed by atoms with Gasteiger partial charge in [0.25, 0.3) is 0 Å². The molecule has 0 radical (unpaired) electrons. The molecule has 0 atom stereocenters. The van der Waals surface area contributed by atoms with Crippen molar-refractivity contribution in [3.05, 3.63) is 72.8 Å². The zero-order valence-corrected chi connectivity index (χ0v) is 28.1. The fourth-order valence-corrected chi connectivity index (χ4v) is 4.98. The number of hydrogen-bond acceptors (Lipinski definition) is 9. The molecule has 0 aliphatic rings. The zero-order valence-electron chi connectivity index (χ0n) is 28.1. The van der Waals surface area contributed by atoms with Gasteiger partial charge >= 0.3 is 0 Å². The van der Waals surface area contributed by atoms with E-state index in [2.05, 4.69) is 64.6 Å². The molecule has 47 heavy (non-hydrogen) atoms. The first-order chi connectivity index (χ1) is 22.8. The standard InChI is InChI=1S/C36H49N9O2/c1-44(2)25-9-21-37-23-19-33(46)39-27-15-17-28(18-16-27)40-35-30-12-6-8-14-32(30)42-36(43-35)29-11-5-7-13-31(29)41-34(47)20-24-38-22-10-26-45(3)4/h5-8,11-18,37-38H,9-10,19-26H2,1-4H3,(H,39,46)(H,41,47)(H,40,42,43). The monoisotopic (exact) mass is 639 g/mol. The van der Waals surface area contributed by atoms with E-state index in [9.17, 15) is 9.59 Å². The van der Waals surface area contributed by atoms with Gasteiger partial charge in [-0.05, 0) is 116 Å². The summed E-state index contributed by atoms with van der Waals surface area (Å²) in [6.07, 6.45) is 2.86. The average Bonchev–Trinajstić information content (AvgIpc) is 3.05. The maximum atomic E-state index is 12.8. The molecule has 0 bridgehead atoms. The van der Waals surface area contributed by atoms with Crippen LogP contribution in [0.5, 0.6) is 0 Å². The molecule has 1 aromatic heterocycles. The predicted octanol–water partition coefficient (Wildman–Crippen LogP) is 4.78. The van der Waals surface area contributed by atoms with Crippen LogP contribution in [-0.4, -0.2) is 99.0 Å². The number of carbonyl (C=O) groups is 2. The van der Waals surface area contributed by atoms with Gasteiger partial charge in [0, 0.05) is 48.3 Å². The Morgan fingerprint density at radius 2 is 1.21 bits per heavy atom. The SMILES string of the molecule is CN(C)CCCNCCC(=O)Nc1ccc(Nc2nc(-c3ccccc3NC(=O)CCNCCCN(C)C)nc3ccccc23)cc1. The van der Waals surface area contributed by atoms with E-state index in [0.717, 1.165) is 66.9 Å². The summed E-state index contributed by atoms with van der Waals surface area (Å²) >= 11 is 0. The molecule has 0 saturated carbocycles. The maximum absolute atomic E-state index is 12.8. The lowest BCUT2D eigenvalue weighted by molar-refractivity contribution is -0.116. The summed E-state index contributed by atoms with van der Waals surface area (Å²) in [6, 6.07) is 23.0. The lowest BCUT2D eigenvalue weighted by Crippen LogP contribution is -2.25. The van der Waals surface area contributed by atoms with E-state index in [1.807, 2.05) is 72.8 Å². The van der Waals surface area contributed by atoms with Crippen LogP contribution in [0.3, 0.4) is 0 Å². The molecule has 3 aromatic carbocycles. The highest BCUT2D eigenvalue weighted by atomic mass is 16.2. The van der Waals surface area contributed by atoms with Crippen molar-refractivity contribution >= 4 is 45.6 Å². The highest BCUT2D eigenvalue weighted by Gasteiger charge is 2.14. The summed E-state index contributed by atoms with van der Waals surface area (Å²) in [5.74, 6) is 1.05. The van der Waals surface area contributed by atoms with Gasteiger partial charge in [0.2, 0.25) is 11.8 Å². The van der Waals surface area contributed by atoms with E-state index >= 15 is 0 Å². The van der Waals surface area contributed by atoms with E-state index in [0.29, 0.717) is 43.3 Å². The Balaban J connectivity index is 1.39. The van der Waals surface area contributed by atoms with Gasteiger partial charge in [-0.25, -0.2) is 9.97 Å². The molecular weight excluding hydrogens is 590 g/mol. The topological polar surface area (TPSA) is 127 Å². The Kier molecular flexibility index (Phi) is 14.1. The summed E-state index contributed by atoms with van der Waals surface area (Å²) in [5.41, 5.74) is 3.73. The van der Waals surface area contributed by atoms with Crippen LogP contribution in [0.15, 0.2) is 72.8 Å². The molecule has 4 rings (SSSR count). The Morgan fingerprint density at radius 3 is 1.87 bits per heavy atom. The normalized spacial score (nSPS) is 11.3. The molecule has 250 valence electrons. The number of fused-ring (bicyclic) bond motifs is 1. The van der Waals surface area contributed by atoms with Crippen molar-refractivity contribution in [2.24, 2.45) is 0 Å². The van der Waals surface area contributed by atoms with E-state index in [1.54, 1.807) is 0 Å². The zero-order chi connectivity index (χ0) is 33.4. The van der Waals surface area contributed by atoms with Gasteiger partial charge < -0.3 is 36.4 Å². The van der Waals surface area contributed by atoms with Gasteiger partial charge in [-0.15, -0.1) is 0 Å². The first-order valence-corrected chi connectivity index (χ1v) is 16.3. The minimum atomic E-state index is -0.0693. The molecule has 1 heterocycles. The number of amides is 2. The van der Waals surface area contributed by atoms with Gasteiger partial charge in [0.1, 0.15) is 5.82 Å². The van der Waals surface area contributed by atoms with Crippen LogP contribution in [0.1, 0.15) is 25.7 Å². The molecule has 5 N–H and O–H groups in total. The Morgan fingerprint density at radius 1 is 0.638 bits per heavy atom. The number of aromatic nitrogens is 2. The maximum Gasteiger partial charge on any atom is 0.225 e. The van der Waals surface area contributed by atoms with Crippen LogP contribution in [0, 0.1) is 0 Å². The number of nitrogens with one attached hydrogen (secondary N) is 5. The van der Waals surface area contributed by atoms with E-state index in [-0.39, 0.29) is 11.8 Å². The van der Waals surface area contributed by atoms with Crippen LogP contribution in [0.25, 0.3) is 22.3 Å². The molecule has 0 saturated heterocycles. The quantitative estimate of drug-likeness (QED) is 0.0922. The Labute approximate surface area is 278 Å². The summed E-state index contributed by atoms with van der Waals surface area (Å²) in [6.45, 7) is 5.04. The second-order valence-corrected chi connectivity index (χ2v) is 12.1. The first-order valence-electron chi connectivity index (χ1n) is 16.3. The molecule has 0 spiro atoms. The van der Waals surface area contributed by atoms with Crippen LogP contribution < -0.4 is 26.6 Å². The lowest BCUT2D eigenvalue weighted by Gasteiger charge is -2.14. The van der Waals surface area contributed by atoms with Gasteiger partial charge in [-0.3, -0.25) is 9.59 Å². The fraction of sp³-hybridized carbons (Fsp3) is 0.389. The highest BCUT2D eigenvalue weighted by Crippen LogP contribution is 2.31. The molecule has 0 aliphatic heterocycles. The fourth-order valence-electron chi connectivity index (χ4n) is 4.98. The number of rotatable bonds is 19. The Bertz CT molecular complexity index is 1570. The minimum Gasteiger partial charge on any atom is -0.340 e. The summed E-state index contributed by atoms with van der Waals surface area (Å²) in [7, 11) is 8.22. The number of para-hydroxylation sites is 2. The third-order valence-electron chi connectivity index (χ3n) is 7.45. The summed E-state index contributed by atoms with van der Waals surface area (Å²) in [4.78, 5) is 39.3. The van der Waals surface area contributed by atoms with E-state index in [1.165, 1.54) is 0 Å². The van der Waals surface area contributed by atoms with Crippen molar-refractivity contribution in [3.63, 3.8) is 0 Å². The second-order valence-electron chi connectivity index (χ2n) is 12.1. The molecule has 11 heteroatoms. The average molecular weight is 640 g/mol. The van der Waals surface area contributed by atoms with E-state index in [4.69, 9.17) is 9.97 Å². The largest absolute Gasteiger partial charge is 0.340 e. The highest BCUT2D eigenvalue weighted by molar-refractivity contribution is 5.97. The third-order valence-corrected chi connectivity index (χ3v) is 7.45. The van der Waals surface area contributed by atoms with Crippen LogP contribution in [-0.2, 0) is 9.59 Å². The van der Waals surface area contributed by atoms with Crippen LogP contribution >= 0.6 is 0 Å². The minimum absolute atomic E-state index is 0.0284. The van der Waals surface area contributed by atoms with Gasteiger partial charge in [-0.1, -0.05) is 24.3 Å². The molecule has 0 fully saturated rings. The van der Waals surface area contributed by atoms with Gasteiger partial charge in [0.15, 0.2) is 5.82 Å². The van der Waals surface area contributed by atoms with Crippen LogP contribution in [0.4, 0.5) is 22.9 Å². The molecule has 0 unspecified atom stereocenters. The number of carbonyl (C=O) groups excluding carboxylic acids is 2. The first kappa shape index (κ1) is 35.4. The number of benzene rings is 3. The summed E-state index contributed by atoms with van der Waals surface area (Å²) < 4.78 is 0. The molecule has 11 nitrogen and oxygen atoms in total. The van der Waals surface area contributed by atoms with Gasteiger partial charge in [0.05, 0.1) is 11.2 Å². The van der Waals surface area contributed by atoms with E-state index < -0.39 is 0 Å². The summed E-state index contributed by atoms with van der Waals surface area (Å²) in [5, 5.41) is 17.0. The van der Waals surface area contributed by atoms with Gasteiger partial charge in [-0.2, -0.15) is 0 Å². The van der Waals surface area contributed by atoms with Crippen molar-refractivity contribution in [1.29, 1.82) is 0 Å². The van der Waals surface area contributed by atoms with Crippen molar-refractivity contribution in [1.82, 2.24) is 30.4 Å². The van der Waals surface area contributed by atoms with Crippen molar-refractivity contribution < 1.29 is 9.59 Å². The molecule has 0 aliphatic carbocycles. The second kappa shape index (κ2) is 18.7. The molecular formula is C36H49N9O2. The Hall–Kier alpha value is -4.42. The predicted molar refractivity (Wildman–Crippen MR) is 193 cm³/mol. The lowest BCUT2D eigenvalue weighted by atomic mass is 10.1. The smallest absolute Gasteiger partial charge is 0.225 e. The molecule has 4 aromatic rings. The number of hydrogen-bond donors (Lipinski definition) is 5. The van der Waals surface area contributed by atoms with Crippen molar-refractivity contribution in [2.75, 3.05) is 83.4 Å². The number of nitrogens with zero attached hydrogens (tertiary/aromatic N) is 4.